The Balaban J connectivity index is 2.76. The van der Waals surface area contributed by atoms with Crippen molar-refractivity contribution in [3.05, 3.63) is 0 Å². The van der Waals surface area contributed by atoms with Crippen molar-refractivity contribution in [3.63, 3.8) is 0 Å². The SMILES string of the molecule is CC(C)(C)C1CCN(C(=O)N(CCC(=O)O)C(C)(C)C)C1. The molecule has 21 heavy (non-hydrogen) atoms. The van der Waals surface area contributed by atoms with Crippen LogP contribution in [-0.2, 0) is 4.79 Å². The number of carbonyl (C=O) groups excluding carboxylic acids is 1. The number of amides is 2. The standard InChI is InChI=1S/C16H30N2O3/c1-15(2,3)12-7-9-17(11-12)14(21)18(16(4,5)6)10-8-13(19)20/h12H,7-11H2,1-6H3,(H,19,20). The Labute approximate surface area is 128 Å². The van der Waals surface area contributed by atoms with Gasteiger partial charge in [0.05, 0.1) is 6.42 Å². The zero-order valence-corrected chi connectivity index (χ0v) is 14.3. The smallest absolute Gasteiger partial charge is 0.320 e. The van der Waals surface area contributed by atoms with Gasteiger partial charge in [-0.2, -0.15) is 0 Å². The van der Waals surface area contributed by atoms with Gasteiger partial charge >= 0.3 is 12.0 Å². The van der Waals surface area contributed by atoms with E-state index in [1.165, 1.54) is 0 Å². The lowest BCUT2D eigenvalue weighted by Crippen LogP contribution is -2.52. The van der Waals surface area contributed by atoms with Crippen molar-refractivity contribution in [2.24, 2.45) is 11.3 Å². The molecule has 0 spiro atoms. The highest BCUT2D eigenvalue weighted by atomic mass is 16.4. The summed E-state index contributed by atoms with van der Waals surface area (Å²) in [5.74, 6) is -0.367. The number of hydrogen-bond donors (Lipinski definition) is 1. The van der Waals surface area contributed by atoms with Crippen molar-refractivity contribution in [3.8, 4) is 0 Å². The van der Waals surface area contributed by atoms with Crippen LogP contribution in [-0.4, -0.2) is 52.1 Å². The molecule has 1 saturated heterocycles. The van der Waals surface area contributed by atoms with Gasteiger partial charge in [-0.25, -0.2) is 4.79 Å². The lowest BCUT2D eigenvalue weighted by molar-refractivity contribution is -0.137. The molecule has 0 saturated carbocycles. The monoisotopic (exact) mass is 298 g/mol. The Morgan fingerprint density at radius 1 is 1.19 bits per heavy atom. The van der Waals surface area contributed by atoms with Crippen molar-refractivity contribution >= 4 is 12.0 Å². The van der Waals surface area contributed by atoms with Gasteiger partial charge in [0, 0.05) is 25.2 Å². The molecule has 0 aliphatic carbocycles. The molecule has 1 heterocycles. The van der Waals surface area contributed by atoms with Gasteiger partial charge in [0.25, 0.3) is 0 Å². The molecule has 0 aromatic heterocycles. The first-order chi connectivity index (χ1) is 9.43. The van der Waals surface area contributed by atoms with Crippen molar-refractivity contribution in [2.45, 2.75) is 59.9 Å². The van der Waals surface area contributed by atoms with Gasteiger partial charge in [0.15, 0.2) is 0 Å². The summed E-state index contributed by atoms with van der Waals surface area (Å²) in [7, 11) is 0. The van der Waals surface area contributed by atoms with Gasteiger partial charge in [-0.05, 0) is 38.5 Å². The minimum absolute atomic E-state index is 0.0143. The summed E-state index contributed by atoms with van der Waals surface area (Å²) in [6, 6.07) is -0.0319. The van der Waals surface area contributed by atoms with E-state index in [1.54, 1.807) is 4.90 Å². The Bertz CT molecular complexity index is 393. The van der Waals surface area contributed by atoms with Crippen LogP contribution in [0.3, 0.4) is 0 Å². The van der Waals surface area contributed by atoms with Crippen LogP contribution in [0.2, 0.25) is 0 Å². The summed E-state index contributed by atoms with van der Waals surface area (Å²) < 4.78 is 0. The van der Waals surface area contributed by atoms with Gasteiger partial charge < -0.3 is 14.9 Å². The molecule has 1 fully saturated rings. The molecular weight excluding hydrogens is 268 g/mol. The number of nitrogens with zero attached hydrogens (tertiary/aromatic N) is 2. The molecule has 1 atom stereocenters. The molecule has 1 rings (SSSR count). The van der Waals surface area contributed by atoms with E-state index in [0.717, 1.165) is 19.5 Å². The number of hydrogen-bond acceptors (Lipinski definition) is 2. The summed E-state index contributed by atoms with van der Waals surface area (Å²) in [4.78, 5) is 27.1. The molecule has 5 nitrogen and oxygen atoms in total. The van der Waals surface area contributed by atoms with E-state index in [4.69, 9.17) is 5.11 Å². The van der Waals surface area contributed by atoms with Crippen molar-refractivity contribution in [2.75, 3.05) is 19.6 Å². The van der Waals surface area contributed by atoms with E-state index >= 15 is 0 Å². The van der Waals surface area contributed by atoms with Crippen molar-refractivity contribution in [1.29, 1.82) is 0 Å². The summed E-state index contributed by atoms with van der Waals surface area (Å²) in [6.07, 6.45) is 1.01. The van der Waals surface area contributed by atoms with Crippen molar-refractivity contribution < 1.29 is 14.7 Å². The van der Waals surface area contributed by atoms with E-state index in [-0.39, 0.29) is 30.0 Å². The number of rotatable bonds is 3. The number of carboxylic acids is 1. The Hall–Kier alpha value is -1.26. The highest BCUT2D eigenvalue weighted by Crippen LogP contribution is 2.34. The fourth-order valence-corrected chi connectivity index (χ4v) is 2.74. The van der Waals surface area contributed by atoms with Crippen LogP contribution in [0.25, 0.3) is 0 Å². The van der Waals surface area contributed by atoms with Crippen LogP contribution < -0.4 is 0 Å². The molecule has 5 heteroatoms. The number of aliphatic carboxylic acids is 1. The van der Waals surface area contributed by atoms with E-state index in [9.17, 15) is 9.59 Å². The van der Waals surface area contributed by atoms with Gasteiger partial charge in [-0.3, -0.25) is 4.79 Å². The first-order valence-electron chi connectivity index (χ1n) is 7.71. The van der Waals surface area contributed by atoms with E-state index in [2.05, 4.69) is 20.8 Å². The van der Waals surface area contributed by atoms with Crippen LogP contribution in [0.4, 0.5) is 4.79 Å². The van der Waals surface area contributed by atoms with E-state index < -0.39 is 5.97 Å². The topological polar surface area (TPSA) is 60.9 Å². The average molecular weight is 298 g/mol. The second kappa shape index (κ2) is 6.24. The molecule has 0 radical (unpaired) electrons. The average Bonchev–Trinajstić information content (AvgIpc) is 2.75. The van der Waals surface area contributed by atoms with Crippen LogP contribution in [0.15, 0.2) is 0 Å². The predicted molar refractivity (Wildman–Crippen MR) is 83.2 cm³/mol. The van der Waals surface area contributed by atoms with Crippen LogP contribution in [0.1, 0.15) is 54.4 Å². The Kier molecular flexibility index (Phi) is 5.29. The molecule has 1 aliphatic heterocycles. The second-order valence-corrected chi connectivity index (χ2v) is 8.05. The summed E-state index contributed by atoms with van der Waals surface area (Å²) in [5.41, 5.74) is -0.172. The van der Waals surface area contributed by atoms with Crippen molar-refractivity contribution in [1.82, 2.24) is 9.80 Å². The summed E-state index contributed by atoms with van der Waals surface area (Å²) in [6.45, 7) is 14.3. The minimum atomic E-state index is -0.869. The third kappa shape index (κ3) is 4.90. The maximum Gasteiger partial charge on any atom is 0.320 e. The third-order valence-electron chi connectivity index (χ3n) is 4.27. The first-order valence-corrected chi connectivity index (χ1v) is 7.71. The molecule has 122 valence electrons. The number of urea groups is 1. The highest BCUT2D eigenvalue weighted by Gasteiger charge is 2.37. The van der Waals surface area contributed by atoms with Gasteiger partial charge in [0.1, 0.15) is 0 Å². The molecule has 0 aromatic rings. The molecule has 1 N–H and O–H groups in total. The van der Waals surface area contributed by atoms with Gasteiger partial charge in [-0.1, -0.05) is 20.8 Å². The van der Waals surface area contributed by atoms with E-state index in [1.807, 2.05) is 25.7 Å². The molecule has 0 aromatic carbocycles. The minimum Gasteiger partial charge on any atom is -0.481 e. The van der Waals surface area contributed by atoms with Crippen LogP contribution in [0, 0.1) is 11.3 Å². The zero-order valence-electron chi connectivity index (χ0n) is 14.3. The summed E-state index contributed by atoms with van der Waals surface area (Å²) in [5, 5.41) is 8.87. The lowest BCUT2D eigenvalue weighted by atomic mass is 9.80. The first kappa shape index (κ1) is 17.8. The van der Waals surface area contributed by atoms with Crippen LogP contribution in [0.5, 0.6) is 0 Å². The summed E-state index contributed by atoms with van der Waals surface area (Å²) >= 11 is 0. The fraction of sp³-hybridized carbons (Fsp3) is 0.875. The Morgan fingerprint density at radius 2 is 1.76 bits per heavy atom. The normalized spacial score (nSPS) is 19.7. The second-order valence-electron chi connectivity index (χ2n) is 8.05. The molecule has 0 bridgehead atoms. The molecule has 1 unspecified atom stereocenters. The highest BCUT2D eigenvalue weighted by molar-refractivity contribution is 5.76. The number of carboxylic acid groups (broad SMARTS) is 1. The third-order valence-corrected chi connectivity index (χ3v) is 4.27. The zero-order chi connectivity index (χ0) is 16.4. The maximum atomic E-state index is 12.7. The van der Waals surface area contributed by atoms with Gasteiger partial charge in [-0.15, -0.1) is 0 Å². The van der Waals surface area contributed by atoms with Gasteiger partial charge in [0.2, 0.25) is 0 Å². The molecule has 1 aliphatic rings. The fourth-order valence-electron chi connectivity index (χ4n) is 2.74. The Morgan fingerprint density at radius 3 is 2.14 bits per heavy atom. The number of likely N-dealkylation sites (tertiary alicyclic amines) is 1. The van der Waals surface area contributed by atoms with E-state index in [0.29, 0.717) is 5.92 Å². The quantitative estimate of drug-likeness (QED) is 0.871. The maximum absolute atomic E-state index is 12.7. The number of carbonyl (C=O) groups is 2. The molecular formula is C16H30N2O3. The van der Waals surface area contributed by atoms with Crippen LogP contribution >= 0.6 is 0 Å². The largest absolute Gasteiger partial charge is 0.481 e. The molecule has 2 amide bonds. The lowest BCUT2D eigenvalue weighted by Gasteiger charge is -2.38. The predicted octanol–water partition coefficient (Wildman–Crippen LogP) is 3.05.